The minimum Gasteiger partial charge on any atom is -0.491 e. The molecule has 0 aliphatic heterocycles. The normalized spacial score (nSPS) is 11.2. The van der Waals surface area contributed by atoms with Crippen molar-refractivity contribution >= 4 is 29.9 Å². The minimum absolute atomic E-state index is 0. The van der Waals surface area contributed by atoms with Crippen LogP contribution in [0.15, 0.2) is 23.2 Å². The van der Waals surface area contributed by atoms with E-state index in [0.717, 1.165) is 23.4 Å². The number of aryl methyl sites for hydroxylation is 2. The molecule has 1 aromatic carbocycles. The first kappa shape index (κ1) is 19.0. The molecule has 0 bridgehead atoms. The summed E-state index contributed by atoms with van der Waals surface area (Å²) < 4.78 is 5.77. The Labute approximate surface area is 139 Å². The molecule has 0 amide bonds. The number of hydrogen-bond acceptors (Lipinski definition) is 2. The Bertz CT molecular complexity index is 413. The summed E-state index contributed by atoms with van der Waals surface area (Å²) in [5.74, 6) is 1.96. The topological polar surface area (TPSA) is 59.6 Å². The Hall–Kier alpha value is -0.980. The number of hydrogen-bond donors (Lipinski definition) is 2. The van der Waals surface area contributed by atoms with Crippen LogP contribution in [0.1, 0.15) is 25.0 Å². The highest BCUT2D eigenvalue weighted by Crippen LogP contribution is 2.21. The SMILES string of the molecule is Cc1cccc(C)c1OCCNC(N)=NCC(C)C.I. The first-order valence-corrected chi connectivity index (χ1v) is 6.73. The lowest BCUT2D eigenvalue weighted by Crippen LogP contribution is -2.35. The van der Waals surface area contributed by atoms with Gasteiger partial charge in [0.25, 0.3) is 0 Å². The number of nitrogens with two attached hydrogens (primary N) is 1. The molecule has 1 aromatic rings. The maximum absolute atomic E-state index is 5.77. The number of benzene rings is 1. The van der Waals surface area contributed by atoms with Crippen LogP contribution in [-0.2, 0) is 0 Å². The summed E-state index contributed by atoms with van der Waals surface area (Å²) >= 11 is 0. The van der Waals surface area contributed by atoms with Gasteiger partial charge in [0.1, 0.15) is 12.4 Å². The van der Waals surface area contributed by atoms with Crippen LogP contribution in [0.4, 0.5) is 0 Å². The zero-order valence-corrected chi connectivity index (χ0v) is 15.1. The van der Waals surface area contributed by atoms with Crippen LogP contribution < -0.4 is 15.8 Å². The van der Waals surface area contributed by atoms with E-state index in [1.807, 2.05) is 32.0 Å². The lowest BCUT2D eigenvalue weighted by molar-refractivity contribution is 0.318. The van der Waals surface area contributed by atoms with Gasteiger partial charge in [-0.25, -0.2) is 0 Å². The summed E-state index contributed by atoms with van der Waals surface area (Å²) in [5, 5.41) is 3.05. The summed E-state index contributed by atoms with van der Waals surface area (Å²) in [6, 6.07) is 6.13. The molecular formula is C15H26IN3O. The summed E-state index contributed by atoms with van der Waals surface area (Å²) in [6.07, 6.45) is 0. The van der Waals surface area contributed by atoms with E-state index in [1.54, 1.807) is 0 Å². The van der Waals surface area contributed by atoms with Crippen molar-refractivity contribution in [1.82, 2.24) is 5.32 Å². The van der Waals surface area contributed by atoms with Crippen LogP contribution in [0.25, 0.3) is 0 Å². The van der Waals surface area contributed by atoms with E-state index in [1.165, 1.54) is 0 Å². The van der Waals surface area contributed by atoms with E-state index in [4.69, 9.17) is 10.5 Å². The lowest BCUT2D eigenvalue weighted by atomic mass is 10.1. The van der Waals surface area contributed by atoms with Gasteiger partial charge in [0, 0.05) is 6.54 Å². The van der Waals surface area contributed by atoms with Gasteiger partial charge in [0.15, 0.2) is 5.96 Å². The zero-order valence-electron chi connectivity index (χ0n) is 12.8. The number of para-hydroxylation sites is 1. The Kier molecular flexibility index (Phi) is 9.37. The van der Waals surface area contributed by atoms with Gasteiger partial charge in [-0.2, -0.15) is 0 Å². The molecular weight excluding hydrogens is 365 g/mol. The van der Waals surface area contributed by atoms with E-state index in [0.29, 0.717) is 25.0 Å². The molecule has 5 heteroatoms. The van der Waals surface area contributed by atoms with Crippen LogP contribution in [0.2, 0.25) is 0 Å². The molecule has 1 rings (SSSR count). The summed E-state index contributed by atoms with van der Waals surface area (Å²) in [4.78, 5) is 4.23. The van der Waals surface area contributed by atoms with Crippen molar-refractivity contribution in [2.75, 3.05) is 19.7 Å². The number of nitrogens with one attached hydrogen (secondary N) is 1. The number of halogens is 1. The molecule has 3 N–H and O–H groups in total. The molecule has 20 heavy (non-hydrogen) atoms. The first-order chi connectivity index (χ1) is 9.00. The number of rotatable bonds is 6. The van der Waals surface area contributed by atoms with E-state index in [-0.39, 0.29) is 24.0 Å². The number of aliphatic imine (C=N–C) groups is 1. The van der Waals surface area contributed by atoms with Gasteiger partial charge in [-0.1, -0.05) is 32.0 Å². The van der Waals surface area contributed by atoms with Gasteiger partial charge in [-0.05, 0) is 30.9 Å². The fourth-order valence-corrected chi connectivity index (χ4v) is 1.70. The molecule has 0 saturated carbocycles. The van der Waals surface area contributed by atoms with Crippen LogP contribution in [0.3, 0.4) is 0 Å². The van der Waals surface area contributed by atoms with Gasteiger partial charge in [0.05, 0.1) is 6.54 Å². The number of ether oxygens (including phenoxy) is 1. The van der Waals surface area contributed by atoms with Crippen LogP contribution in [0, 0.1) is 19.8 Å². The number of guanidine groups is 1. The highest BCUT2D eigenvalue weighted by molar-refractivity contribution is 14.0. The van der Waals surface area contributed by atoms with Gasteiger partial charge < -0.3 is 15.8 Å². The highest BCUT2D eigenvalue weighted by atomic mass is 127. The molecule has 0 fully saturated rings. The number of nitrogens with zero attached hydrogens (tertiary/aromatic N) is 1. The van der Waals surface area contributed by atoms with E-state index < -0.39 is 0 Å². The van der Waals surface area contributed by atoms with Crippen LogP contribution in [-0.4, -0.2) is 25.7 Å². The van der Waals surface area contributed by atoms with Crippen molar-refractivity contribution in [1.29, 1.82) is 0 Å². The van der Waals surface area contributed by atoms with Gasteiger partial charge >= 0.3 is 0 Å². The van der Waals surface area contributed by atoms with Crippen molar-refractivity contribution in [2.24, 2.45) is 16.6 Å². The molecule has 4 nitrogen and oxygen atoms in total. The monoisotopic (exact) mass is 391 g/mol. The third kappa shape index (κ3) is 6.98. The molecule has 0 heterocycles. The lowest BCUT2D eigenvalue weighted by Gasteiger charge is -2.12. The van der Waals surface area contributed by atoms with Crippen molar-refractivity contribution in [2.45, 2.75) is 27.7 Å². The molecule has 0 saturated heterocycles. The molecule has 114 valence electrons. The van der Waals surface area contributed by atoms with Gasteiger partial charge in [-0.15, -0.1) is 24.0 Å². The Morgan fingerprint density at radius 1 is 1.30 bits per heavy atom. The van der Waals surface area contributed by atoms with Crippen LogP contribution >= 0.6 is 24.0 Å². The molecule has 0 unspecified atom stereocenters. The van der Waals surface area contributed by atoms with Crippen molar-refractivity contribution < 1.29 is 4.74 Å². The quantitative estimate of drug-likeness (QED) is 0.339. The summed E-state index contributed by atoms with van der Waals surface area (Å²) in [7, 11) is 0. The second kappa shape index (κ2) is 9.85. The van der Waals surface area contributed by atoms with Gasteiger partial charge in [0.2, 0.25) is 0 Å². The second-order valence-electron chi connectivity index (χ2n) is 5.12. The largest absolute Gasteiger partial charge is 0.491 e. The second-order valence-corrected chi connectivity index (χ2v) is 5.12. The smallest absolute Gasteiger partial charge is 0.188 e. The molecule has 0 aliphatic carbocycles. The van der Waals surface area contributed by atoms with E-state index in [2.05, 4.69) is 24.2 Å². The predicted octanol–water partition coefficient (Wildman–Crippen LogP) is 2.86. The summed E-state index contributed by atoms with van der Waals surface area (Å²) in [5.41, 5.74) is 8.05. The average molecular weight is 391 g/mol. The minimum atomic E-state index is 0. The molecule has 0 aromatic heterocycles. The van der Waals surface area contributed by atoms with E-state index in [9.17, 15) is 0 Å². The van der Waals surface area contributed by atoms with Crippen molar-refractivity contribution in [3.63, 3.8) is 0 Å². The Morgan fingerprint density at radius 2 is 1.90 bits per heavy atom. The van der Waals surface area contributed by atoms with Gasteiger partial charge in [-0.3, -0.25) is 4.99 Å². The van der Waals surface area contributed by atoms with E-state index >= 15 is 0 Å². The Balaban J connectivity index is 0.00000361. The van der Waals surface area contributed by atoms with Crippen molar-refractivity contribution in [3.8, 4) is 5.75 Å². The molecule has 0 aliphatic rings. The maximum Gasteiger partial charge on any atom is 0.188 e. The first-order valence-electron chi connectivity index (χ1n) is 6.73. The third-order valence-corrected chi connectivity index (χ3v) is 2.69. The average Bonchev–Trinajstić information content (AvgIpc) is 2.35. The summed E-state index contributed by atoms with van der Waals surface area (Å²) in [6.45, 7) is 10.3. The molecule has 0 atom stereocenters. The highest BCUT2D eigenvalue weighted by Gasteiger charge is 2.02. The van der Waals surface area contributed by atoms with Crippen LogP contribution in [0.5, 0.6) is 5.75 Å². The fraction of sp³-hybridized carbons (Fsp3) is 0.533. The fourth-order valence-electron chi connectivity index (χ4n) is 1.70. The molecule has 0 spiro atoms. The maximum atomic E-state index is 5.77. The Morgan fingerprint density at radius 3 is 2.45 bits per heavy atom. The predicted molar refractivity (Wildman–Crippen MR) is 96.2 cm³/mol. The van der Waals surface area contributed by atoms with Crippen molar-refractivity contribution in [3.05, 3.63) is 29.3 Å². The zero-order chi connectivity index (χ0) is 14.3. The standard InChI is InChI=1S/C15H25N3O.HI/c1-11(2)10-18-15(16)17-8-9-19-14-12(3)6-5-7-13(14)4;/h5-7,11H,8-10H2,1-4H3,(H3,16,17,18);1H. The third-order valence-electron chi connectivity index (χ3n) is 2.69. The molecule has 0 radical (unpaired) electrons.